The van der Waals surface area contributed by atoms with Gasteiger partial charge in [-0.05, 0) is 30.7 Å². The number of amides is 2. The van der Waals surface area contributed by atoms with E-state index >= 15 is 0 Å². The standard InChI is InChI=1S/C15H19BCl2N2O5/c1-3-15(22)20(4-2)9-13(21)19-14(25-16(23)24)7-10-5-6-11(17)8-12(10)18/h3,5-6,8,14,23-24H,1,4,7,9H2,2H3,(H,19,21)/t14-/m1/s1. The number of hydrogen-bond donors (Lipinski definition) is 3. The Labute approximate surface area is 156 Å². The molecule has 0 aliphatic rings. The molecule has 0 heterocycles. The van der Waals surface area contributed by atoms with Crippen LogP contribution in [0.5, 0.6) is 0 Å². The summed E-state index contributed by atoms with van der Waals surface area (Å²) in [6.45, 7) is 5.18. The quantitative estimate of drug-likeness (QED) is 0.333. The van der Waals surface area contributed by atoms with Crippen LogP contribution in [0.25, 0.3) is 0 Å². The van der Waals surface area contributed by atoms with Crippen molar-refractivity contribution in [1.29, 1.82) is 0 Å². The molecular formula is C15H19BCl2N2O5. The summed E-state index contributed by atoms with van der Waals surface area (Å²) in [5.74, 6) is -0.925. The van der Waals surface area contributed by atoms with Crippen molar-refractivity contribution in [3.63, 3.8) is 0 Å². The summed E-state index contributed by atoms with van der Waals surface area (Å²) < 4.78 is 4.88. The smallest absolute Gasteiger partial charge is 0.402 e. The molecule has 0 aromatic heterocycles. The van der Waals surface area contributed by atoms with E-state index in [1.54, 1.807) is 19.1 Å². The molecule has 0 bridgehead atoms. The summed E-state index contributed by atoms with van der Waals surface area (Å²) in [6, 6.07) is 4.77. The number of nitrogens with zero attached hydrogens (tertiary/aromatic N) is 1. The lowest BCUT2D eigenvalue weighted by atomic mass is 10.1. The Morgan fingerprint density at radius 1 is 1.44 bits per heavy atom. The third-order valence-electron chi connectivity index (χ3n) is 3.23. The Kier molecular flexibility index (Phi) is 8.95. The van der Waals surface area contributed by atoms with E-state index in [-0.39, 0.29) is 13.0 Å². The first-order valence-corrected chi connectivity index (χ1v) is 8.18. The average Bonchev–Trinajstić information content (AvgIpc) is 2.53. The first-order valence-electron chi connectivity index (χ1n) is 7.43. The molecule has 1 aromatic carbocycles. The summed E-state index contributed by atoms with van der Waals surface area (Å²) in [5.41, 5.74) is 0.589. The lowest BCUT2D eigenvalue weighted by Gasteiger charge is -2.23. The molecule has 0 radical (unpaired) electrons. The van der Waals surface area contributed by atoms with Crippen LogP contribution >= 0.6 is 23.2 Å². The fraction of sp³-hybridized carbons (Fsp3) is 0.333. The van der Waals surface area contributed by atoms with Crippen molar-refractivity contribution < 1.29 is 24.3 Å². The molecule has 1 aromatic rings. The summed E-state index contributed by atoms with van der Waals surface area (Å²) in [6.07, 6.45) is 0.111. The zero-order chi connectivity index (χ0) is 19.0. The summed E-state index contributed by atoms with van der Waals surface area (Å²) >= 11 is 11.9. The van der Waals surface area contributed by atoms with Crippen molar-refractivity contribution in [2.75, 3.05) is 13.1 Å². The fourth-order valence-electron chi connectivity index (χ4n) is 2.04. The van der Waals surface area contributed by atoms with Gasteiger partial charge in [0.05, 0.1) is 6.54 Å². The molecule has 0 aliphatic carbocycles. The van der Waals surface area contributed by atoms with Crippen molar-refractivity contribution in [3.05, 3.63) is 46.5 Å². The van der Waals surface area contributed by atoms with Crippen LogP contribution in [0.1, 0.15) is 12.5 Å². The number of nitrogens with one attached hydrogen (secondary N) is 1. The molecule has 3 N–H and O–H groups in total. The van der Waals surface area contributed by atoms with Gasteiger partial charge in [-0.2, -0.15) is 0 Å². The van der Waals surface area contributed by atoms with E-state index in [0.29, 0.717) is 22.2 Å². The van der Waals surface area contributed by atoms with E-state index < -0.39 is 25.4 Å². The van der Waals surface area contributed by atoms with Crippen LogP contribution in [0.3, 0.4) is 0 Å². The van der Waals surface area contributed by atoms with E-state index in [9.17, 15) is 9.59 Å². The van der Waals surface area contributed by atoms with Gasteiger partial charge in [0.2, 0.25) is 11.8 Å². The third kappa shape index (κ3) is 7.45. The highest BCUT2D eigenvalue weighted by Gasteiger charge is 2.23. The van der Waals surface area contributed by atoms with Gasteiger partial charge in [0.25, 0.3) is 0 Å². The summed E-state index contributed by atoms with van der Waals surface area (Å²) in [5, 5.41) is 21.3. The van der Waals surface area contributed by atoms with E-state index in [4.69, 9.17) is 37.9 Å². The van der Waals surface area contributed by atoms with Gasteiger partial charge in [0, 0.05) is 23.0 Å². The van der Waals surface area contributed by atoms with Crippen molar-refractivity contribution in [1.82, 2.24) is 10.2 Å². The second-order valence-corrected chi connectivity index (χ2v) is 5.86. The largest absolute Gasteiger partial charge is 0.635 e. The second-order valence-electron chi connectivity index (χ2n) is 5.01. The Hall–Kier alpha value is -1.58. The third-order valence-corrected chi connectivity index (χ3v) is 3.82. The maximum Gasteiger partial charge on any atom is 0.635 e. The Bertz CT molecular complexity index is 630. The molecule has 10 heteroatoms. The van der Waals surface area contributed by atoms with Gasteiger partial charge in [-0.15, -0.1) is 0 Å². The lowest BCUT2D eigenvalue weighted by Crippen LogP contribution is -2.47. The molecule has 0 fully saturated rings. The molecule has 0 spiro atoms. The minimum Gasteiger partial charge on any atom is -0.402 e. The van der Waals surface area contributed by atoms with Gasteiger partial charge >= 0.3 is 7.32 Å². The first-order chi connectivity index (χ1) is 11.8. The van der Waals surface area contributed by atoms with E-state index in [1.807, 2.05) is 0 Å². The highest BCUT2D eigenvalue weighted by atomic mass is 35.5. The number of benzene rings is 1. The van der Waals surface area contributed by atoms with Crippen LogP contribution in [0.4, 0.5) is 0 Å². The monoisotopic (exact) mass is 388 g/mol. The highest BCUT2D eigenvalue weighted by molar-refractivity contribution is 6.35. The summed E-state index contributed by atoms with van der Waals surface area (Å²) in [7, 11) is -2.09. The Morgan fingerprint density at radius 3 is 2.64 bits per heavy atom. The minimum atomic E-state index is -2.09. The van der Waals surface area contributed by atoms with Crippen LogP contribution in [0.2, 0.25) is 10.0 Å². The minimum absolute atomic E-state index is 0.0703. The van der Waals surface area contributed by atoms with Gasteiger partial charge < -0.3 is 24.9 Å². The molecule has 1 atom stereocenters. The van der Waals surface area contributed by atoms with Gasteiger partial charge in [0.15, 0.2) is 0 Å². The molecule has 0 unspecified atom stereocenters. The molecule has 7 nitrogen and oxygen atoms in total. The van der Waals surface area contributed by atoms with Crippen molar-refractivity contribution in [2.45, 2.75) is 19.6 Å². The van der Waals surface area contributed by atoms with Crippen LogP contribution in [0.15, 0.2) is 30.9 Å². The van der Waals surface area contributed by atoms with E-state index in [0.717, 1.165) is 6.08 Å². The Morgan fingerprint density at radius 2 is 2.12 bits per heavy atom. The van der Waals surface area contributed by atoms with Gasteiger partial charge in [0.1, 0.15) is 6.23 Å². The van der Waals surface area contributed by atoms with Crippen molar-refractivity contribution >= 4 is 42.3 Å². The average molecular weight is 389 g/mol. The second kappa shape index (κ2) is 10.4. The van der Waals surface area contributed by atoms with Crippen LogP contribution in [-0.2, 0) is 20.7 Å². The number of carbonyl (C=O) groups is 2. The number of halogens is 2. The molecular weight excluding hydrogens is 370 g/mol. The maximum atomic E-state index is 12.1. The number of carbonyl (C=O) groups excluding carboxylic acids is 2. The van der Waals surface area contributed by atoms with Gasteiger partial charge in [-0.25, -0.2) is 0 Å². The molecule has 0 saturated heterocycles. The highest BCUT2D eigenvalue weighted by Crippen LogP contribution is 2.22. The Balaban J connectivity index is 2.79. The maximum absolute atomic E-state index is 12.1. The normalized spacial score (nSPS) is 11.6. The van der Waals surface area contributed by atoms with Crippen molar-refractivity contribution in [3.8, 4) is 0 Å². The van der Waals surface area contributed by atoms with Crippen LogP contribution in [-0.4, -0.2) is 53.4 Å². The number of likely N-dealkylation sites (N-methyl/N-ethyl adjacent to an activating group) is 1. The van der Waals surface area contributed by atoms with Crippen molar-refractivity contribution in [2.24, 2.45) is 0 Å². The molecule has 136 valence electrons. The van der Waals surface area contributed by atoms with E-state index in [2.05, 4.69) is 11.9 Å². The fourth-order valence-corrected chi connectivity index (χ4v) is 2.53. The summed E-state index contributed by atoms with van der Waals surface area (Å²) in [4.78, 5) is 25.0. The van der Waals surface area contributed by atoms with Gasteiger partial charge in [-0.1, -0.05) is 35.8 Å². The lowest BCUT2D eigenvalue weighted by molar-refractivity contribution is -0.133. The SMILES string of the molecule is C=CC(=O)N(CC)CC(=O)N[C@@H](Cc1ccc(Cl)cc1Cl)OB(O)O. The molecule has 0 saturated carbocycles. The topological polar surface area (TPSA) is 99.1 Å². The van der Waals surface area contributed by atoms with Gasteiger partial charge in [-0.3, -0.25) is 9.59 Å². The predicted octanol–water partition coefficient (Wildman–Crippen LogP) is 0.999. The molecule has 2 amide bonds. The zero-order valence-corrected chi connectivity index (χ0v) is 15.1. The molecule has 0 aliphatic heterocycles. The van der Waals surface area contributed by atoms with Crippen LogP contribution in [0, 0.1) is 0 Å². The van der Waals surface area contributed by atoms with Crippen LogP contribution < -0.4 is 5.32 Å². The number of hydrogen-bond acceptors (Lipinski definition) is 5. The predicted molar refractivity (Wildman–Crippen MR) is 95.8 cm³/mol. The van der Waals surface area contributed by atoms with E-state index in [1.165, 1.54) is 11.0 Å². The molecule has 25 heavy (non-hydrogen) atoms. The number of rotatable bonds is 9. The zero-order valence-electron chi connectivity index (χ0n) is 13.6. The first kappa shape index (κ1) is 21.5. The molecule has 1 rings (SSSR count).